The lowest BCUT2D eigenvalue weighted by Gasteiger charge is -2.29. The van der Waals surface area contributed by atoms with Gasteiger partial charge in [0.05, 0.1) is 5.56 Å². The smallest absolute Gasteiger partial charge is 0.338 e. The number of ether oxygens (including phenoxy) is 1. The van der Waals surface area contributed by atoms with Crippen LogP contribution in [0.3, 0.4) is 0 Å². The van der Waals surface area contributed by atoms with Crippen LogP contribution in [-0.4, -0.2) is 37.1 Å². The predicted molar refractivity (Wildman–Crippen MR) is 81.1 cm³/mol. The number of hydrogen-bond donors (Lipinski definition) is 0. The second-order valence-corrected chi connectivity index (χ2v) is 6.76. The number of esters is 1. The Morgan fingerprint density at radius 3 is 2.45 bits per heavy atom. The van der Waals surface area contributed by atoms with E-state index in [1.807, 2.05) is 24.3 Å². The van der Waals surface area contributed by atoms with Crippen molar-refractivity contribution in [2.45, 2.75) is 45.1 Å². The third-order valence-electron chi connectivity index (χ3n) is 3.84. The van der Waals surface area contributed by atoms with E-state index in [0.717, 1.165) is 25.9 Å². The Morgan fingerprint density at radius 1 is 1.25 bits per heavy atom. The largest absolute Gasteiger partial charge is 0.457 e. The van der Waals surface area contributed by atoms with Crippen molar-refractivity contribution in [1.82, 2.24) is 4.90 Å². The number of benzene rings is 1. The molecule has 3 nitrogen and oxygen atoms in total. The summed E-state index contributed by atoms with van der Waals surface area (Å²) in [6.45, 7) is 8.43. The Bertz CT molecular complexity index is 459. The molecule has 1 aromatic rings. The number of rotatable bonds is 2. The fourth-order valence-electron chi connectivity index (χ4n) is 2.54. The van der Waals surface area contributed by atoms with Crippen molar-refractivity contribution in [2.24, 2.45) is 0 Å². The van der Waals surface area contributed by atoms with Crippen LogP contribution in [0.1, 0.15) is 49.5 Å². The van der Waals surface area contributed by atoms with Gasteiger partial charge in [-0.2, -0.15) is 0 Å². The summed E-state index contributed by atoms with van der Waals surface area (Å²) >= 11 is 0. The van der Waals surface area contributed by atoms with Crippen molar-refractivity contribution in [3.05, 3.63) is 35.4 Å². The number of piperidine rings is 1. The van der Waals surface area contributed by atoms with Crippen LogP contribution in [0, 0.1) is 0 Å². The highest BCUT2D eigenvalue weighted by atomic mass is 16.5. The highest BCUT2D eigenvalue weighted by Gasteiger charge is 2.22. The quantitative estimate of drug-likeness (QED) is 0.776. The van der Waals surface area contributed by atoms with Crippen molar-refractivity contribution in [3.63, 3.8) is 0 Å². The summed E-state index contributed by atoms with van der Waals surface area (Å²) in [7, 11) is 2.07. The number of carbonyl (C=O) groups is 1. The number of carbonyl (C=O) groups excluding carboxylic acids is 1. The number of likely N-dealkylation sites (N-methyl/N-ethyl adjacent to an activating group) is 1. The van der Waals surface area contributed by atoms with Crippen LogP contribution < -0.4 is 0 Å². The lowest BCUT2D eigenvalue weighted by molar-refractivity contribution is 0.0108. The summed E-state index contributed by atoms with van der Waals surface area (Å²) in [6.07, 6.45) is 2.09. The topological polar surface area (TPSA) is 29.5 Å². The lowest BCUT2D eigenvalue weighted by atomic mass is 9.87. The maximum absolute atomic E-state index is 12.1. The van der Waals surface area contributed by atoms with Gasteiger partial charge in [-0.1, -0.05) is 32.9 Å². The molecule has 0 bridgehead atoms. The van der Waals surface area contributed by atoms with Gasteiger partial charge in [-0.05, 0) is 49.5 Å². The van der Waals surface area contributed by atoms with Gasteiger partial charge in [0.15, 0.2) is 0 Å². The SMILES string of the molecule is CN1CCC[C@@H](OC(=O)c2ccc(C(C)(C)C)cc2)C1. The molecule has 1 aliphatic heterocycles. The molecule has 2 rings (SSSR count). The van der Waals surface area contributed by atoms with Crippen molar-refractivity contribution in [2.75, 3.05) is 20.1 Å². The van der Waals surface area contributed by atoms with Crippen LogP contribution in [0.2, 0.25) is 0 Å². The summed E-state index contributed by atoms with van der Waals surface area (Å²) in [5.41, 5.74) is 1.98. The van der Waals surface area contributed by atoms with E-state index < -0.39 is 0 Å². The molecule has 1 heterocycles. The first-order valence-electron chi connectivity index (χ1n) is 7.36. The molecule has 20 heavy (non-hydrogen) atoms. The molecular formula is C17H25NO2. The molecule has 1 aromatic carbocycles. The second-order valence-electron chi connectivity index (χ2n) is 6.76. The normalized spacial score (nSPS) is 20.7. The molecule has 0 aromatic heterocycles. The highest BCUT2D eigenvalue weighted by Crippen LogP contribution is 2.22. The van der Waals surface area contributed by atoms with Crippen molar-refractivity contribution >= 4 is 5.97 Å². The summed E-state index contributed by atoms with van der Waals surface area (Å²) in [5, 5.41) is 0. The van der Waals surface area contributed by atoms with Gasteiger partial charge in [-0.15, -0.1) is 0 Å². The van der Waals surface area contributed by atoms with E-state index in [9.17, 15) is 4.79 Å². The Hall–Kier alpha value is -1.35. The van der Waals surface area contributed by atoms with Gasteiger partial charge >= 0.3 is 5.97 Å². The Morgan fingerprint density at radius 2 is 1.90 bits per heavy atom. The summed E-state index contributed by atoms with van der Waals surface area (Å²) in [5.74, 6) is -0.203. The molecule has 3 heteroatoms. The van der Waals surface area contributed by atoms with Crippen molar-refractivity contribution in [3.8, 4) is 0 Å². The third kappa shape index (κ3) is 3.83. The molecule has 0 unspecified atom stereocenters. The van der Waals surface area contributed by atoms with Crippen LogP contribution >= 0.6 is 0 Å². The van der Waals surface area contributed by atoms with E-state index in [2.05, 4.69) is 32.7 Å². The fraction of sp³-hybridized carbons (Fsp3) is 0.588. The molecule has 0 aliphatic carbocycles. The molecule has 0 spiro atoms. The zero-order valence-electron chi connectivity index (χ0n) is 13.0. The van der Waals surface area contributed by atoms with E-state index >= 15 is 0 Å². The van der Waals surface area contributed by atoms with Crippen LogP contribution in [-0.2, 0) is 10.2 Å². The Labute approximate surface area is 121 Å². The number of likely N-dealkylation sites (tertiary alicyclic amines) is 1. The van der Waals surface area contributed by atoms with Crippen LogP contribution in [0.5, 0.6) is 0 Å². The van der Waals surface area contributed by atoms with Crippen LogP contribution in [0.15, 0.2) is 24.3 Å². The molecular weight excluding hydrogens is 250 g/mol. The van der Waals surface area contributed by atoms with E-state index in [1.54, 1.807) is 0 Å². The van der Waals surface area contributed by atoms with Crippen molar-refractivity contribution < 1.29 is 9.53 Å². The van der Waals surface area contributed by atoms with Gasteiger partial charge in [-0.25, -0.2) is 4.79 Å². The molecule has 1 atom stereocenters. The minimum Gasteiger partial charge on any atom is -0.457 e. The average Bonchev–Trinajstić information content (AvgIpc) is 2.38. The molecule has 0 N–H and O–H groups in total. The van der Waals surface area contributed by atoms with Gasteiger partial charge in [0.25, 0.3) is 0 Å². The first kappa shape index (κ1) is 15.0. The number of hydrogen-bond acceptors (Lipinski definition) is 3. The first-order chi connectivity index (χ1) is 9.36. The fourth-order valence-corrected chi connectivity index (χ4v) is 2.54. The standard InChI is InChI=1S/C17H25NO2/c1-17(2,3)14-9-7-13(8-10-14)16(19)20-15-6-5-11-18(4)12-15/h7-10,15H,5-6,11-12H2,1-4H3/t15-/m1/s1. The maximum Gasteiger partial charge on any atom is 0.338 e. The number of nitrogens with zero attached hydrogens (tertiary/aromatic N) is 1. The van der Waals surface area contributed by atoms with Crippen molar-refractivity contribution in [1.29, 1.82) is 0 Å². The monoisotopic (exact) mass is 275 g/mol. The van der Waals surface area contributed by atoms with E-state index in [4.69, 9.17) is 4.74 Å². The molecule has 0 saturated carbocycles. The highest BCUT2D eigenvalue weighted by molar-refractivity contribution is 5.89. The molecule has 110 valence electrons. The maximum atomic E-state index is 12.1. The zero-order chi connectivity index (χ0) is 14.8. The van der Waals surface area contributed by atoms with Gasteiger partial charge in [0, 0.05) is 6.54 Å². The Balaban J connectivity index is 1.99. The minimum atomic E-state index is -0.203. The molecule has 0 radical (unpaired) electrons. The summed E-state index contributed by atoms with van der Waals surface area (Å²) < 4.78 is 5.59. The van der Waals surface area contributed by atoms with Gasteiger partial charge in [0.1, 0.15) is 6.10 Å². The van der Waals surface area contributed by atoms with Gasteiger partial charge in [0.2, 0.25) is 0 Å². The average molecular weight is 275 g/mol. The van der Waals surface area contributed by atoms with Crippen LogP contribution in [0.4, 0.5) is 0 Å². The third-order valence-corrected chi connectivity index (χ3v) is 3.84. The first-order valence-corrected chi connectivity index (χ1v) is 7.36. The summed E-state index contributed by atoms with van der Waals surface area (Å²) in [4.78, 5) is 14.4. The van der Waals surface area contributed by atoms with Gasteiger partial charge < -0.3 is 9.64 Å². The predicted octanol–water partition coefficient (Wildman–Crippen LogP) is 3.24. The zero-order valence-corrected chi connectivity index (χ0v) is 13.0. The van der Waals surface area contributed by atoms with Crippen LogP contribution in [0.25, 0.3) is 0 Å². The van der Waals surface area contributed by atoms with E-state index in [1.165, 1.54) is 5.56 Å². The van der Waals surface area contributed by atoms with E-state index in [-0.39, 0.29) is 17.5 Å². The molecule has 1 fully saturated rings. The molecule has 1 aliphatic rings. The second kappa shape index (κ2) is 5.96. The summed E-state index contributed by atoms with van der Waals surface area (Å²) in [6, 6.07) is 7.78. The Kier molecular flexibility index (Phi) is 4.48. The minimum absolute atomic E-state index is 0.0311. The van der Waals surface area contributed by atoms with Gasteiger partial charge in [-0.3, -0.25) is 0 Å². The van der Waals surface area contributed by atoms with E-state index in [0.29, 0.717) is 5.56 Å². The lowest BCUT2D eigenvalue weighted by Crippen LogP contribution is -2.38. The molecule has 0 amide bonds. The molecule has 1 saturated heterocycles.